The summed E-state index contributed by atoms with van der Waals surface area (Å²) in [6, 6.07) is 0.109. The average Bonchev–Trinajstić information content (AvgIpc) is 2.63. The molecule has 5 nitrogen and oxygen atoms in total. The molecule has 2 heterocycles. The lowest BCUT2D eigenvalue weighted by atomic mass is 10.2. The highest BCUT2D eigenvalue weighted by molar-refractivity contribution is 6.28. The van der Waals surface area contributed by atoms with Crippen LogP contribution >= 0.6 is 11.6 Å². The number of halogens is 1. The molecule has 0 bridgehead atoms. The van der Waals surface area contributed by atoms with E-state index < -0.39 is 0 Å². The number of nitrogens with zero attached hydrogens (tertiary/aromatic N) is 4. The molecule has 1 aromatic heterocycles. The Labute approximate surface area is 99.4 Å². The summed E-state index contributed by atoms with van der Waals surface area (Å²) in [6.45, 7) is 6.46. The van der Waals surface area contributed by atoms with Crippen molar-refractivity contribution in [1.82, 2.24) is 15.0 Å². The molecule has 16 heavy (non-hydrogen) atoms. The minimum atomic E-state index is 0.109. The zero-order valence-electron chi connectivity index (χ0n) is 9.15. The number of rotatable bonds is 2. The first-order chi connectivity index (χ1) is 7.58. The first kappa shape index (κ1) is 11.1. The molecule has 0 saturated carbocycles. The van der Waals surface area contributed by atoms with E-state index in [9.17, 15) is 0 Å². The smallest absolute Gasteiger partial charge is 0.230 e. The molecule has 0 aromatic carbocycles. The molecule has 1 aromatic rings. The molecule has 0 radical (unpaired) electrons. The van der Waals surface area contributed by atoms with Crippen molar-refractivity contribution in [2.75, 3.05) is 11.4 Å². The maximum Gasteiger partial charge on any atom is 0.230 e. The minimum Gasteiger partial charge on any atom is -0.401 e. The highest BCUT2D eigenvalue weighted by Crippen LogP contribution is 2.25. The fourth-order valence-corrected chi connectivity index (χ4v) is 2.15. The van der Waals surface area contributed by atoms with Crippen molar-refractivity contribution in [3.05, 3.63) is 23.4 Å². The number of hydrogen-bond acceptors (Lipinski definition) is 5. The van der Waals surface area contributed by atoms with Gasteiger partial charge in [-0.25, -0.2) is 4.98 Å². The lowest BCUT2D eigenvalue weighted by Gasteiger charge is -2.24. The van der Waals surface area contributed by atoms with Gasteiger partial charge in [0.15, 0.2) is 0 Å². The molecule has 1 aliphatic rings. The summed E-state index contributed by atoms with van der Waals surface area (Å²) in [5.41, 5.74) is 6.41. The topological polar surface area (TPSA) is 67.9 Å². The Morgan fingerprint density at radius 3 is 2.88 bits per heavy atom. The summed E-state index contributed by atoms with van der Waals surface area (Å²) in [5, 5.41) is 0.218. The van der Waals surface area contributed by atoms with Crippen LogP contribution in [0.4, 0.5) is 5.95 Å². The summed E-state index contributed by atoms with van der Waals surface area (Å²) in [5.74, 6) is 1.20. The number of anilines is 1. The molecule has 2 rings (SSSR count). The Hall–Kier alpha value is -1.36. The second-order valence-corrected chi connectivity index (χ2v) is 4.22. The van der Waals surface area contributed by atoms with Crippen LogP contribution in [-0.2, 0) is 0 Å². The van der Waals surface area contributed by atoms with E-state index in [0.29, 0.717) is 17.5 Å². The number of nitrogens with two attached hydrogens (primary N) is 1. The molecule has 86 valence electrons. The van der Waals surface area contributed by atoms with Gasteiger partial charge in [0, 0.05) is 12.2 Å². The van der Waals surface area contributed by atoms with Crippen molar-refractivity contribution < 1.29 is 0 Å². The lowest BCUT2D eigenvalue weighted by molar-refractivity contribution is 0.728. The molecule has 0 amide bonds. The fraction of sp³-hybridized carbons (Fsp3) is 0.500. The maximum atomic E-state index is 5.81. The van der Waals surface area contributed by atoms with Crippen molar-refractivity contribution in [1.29, 1.82) is 0 Å². The van der Waals surface area contributed by atoms with Crippen molar-refractivity contribution in [3.8, 4) is 0 Å². The molecule has 1 atom stereocenters. The Kier molecular flexibility index (Phi) is 2.96. The molecule has 1 saturated heterocycles. The van der Waals surface area contributed by atoms with E-state index in [-0.39, 0.29) is 11.3 Å². The van der Waals surface area contributed by atoms with Crippen LogP contribution in [0, 0.1) is 6.92 Å². The Morgan fingerprint density at radius 2 is 2.25 bits per heavy atom. The van der Waals surface area contributed by atoms with Crippen LogP contribution in [0.1, 0.15) is 18.7 Å². The molecule has 6 heteroatoms. The maximum absolute atomic E-state index is 5.81. The van der Waals surface area contributed by atoms with Crippen LogP contribution in [0.5, 0.6) is 0 Å². The third-order valence-corrected chi connectivity index (χ3v) is 2.81. The van der Waals surface area contributed by atoms with E-state index in [0.717, 1.165) is 19.4 Å². The van der Waals surface area contributed by atoms with E-state index in [2.05, 4.69) is 21.5 Å². The van der Waals surface area contributed by atoms with Gasteiger partial charge in [0.2, 0.25) is 11.2 Å². The van der Waals surface area contributed by atoms with Gasteiger partial charge in [-0.05, 0) is 31.4 Å². The standard InChI is InChI=1S/C10H14ClN5/c1-6(12)8-4-3-5-16(8)10-14-7(2)13-9(11)15-10/h8H,1,3-5,12H2,2H3. The van der Waals surface area contributed by atoms with Crippen LogP contribution in [0.2, 0.25) is 5.28 Å². The van der Waals surface area contributed by atoms with Crippen LogP contribution in [0.3, 0.4) is 0 Å². The van der Waals surface area contributed by atoms with Crippen molar-refractivity contribution in [3.63, 3.8) is 0 Å². The fourth-order valence-electron chi connectivity index (χ4n) is 1.96. The quantitative estimate of drug-likeness (QED) is 0.842. The summed E-state index contributed by atoms with van der Waals surface area (Å²) < 4.78 is 0. The van der Waals surface area contributed by atoms with Crippen LogP contribution in [0.15, 0.2) is 12.3 Å². The molecule has 1 aliphatic heterocycles. The van der Waals surface area contributed by atoms with Gasteiger partial charge < -0.3 is 10.6 Å². The molecule has 1 fully saturated rings. The van der Waals surface area contributed by atoms with Gasteiger partial charge in [-0.15, -0.1) is 0 Å². The van der Waals surface area contributed by atoms with Crippen molar-refractivity contribution in [2.24, 2.45) is 5.73 Å². The summed E-state index contributed by atoms with van der Waals surface area (Å²) >= 11 is 5.81. The lowest BCUT2D eigenvalue weighted by Crippen LogP contribution is -2.34. The van der Waals surface area contributed by atoms with E-state index in [1.165, 1.54) is 0 Å². The molecular weight excluding hydrogens is 226 g/mol. The number of hydrogen-bond donors (Lipinski definition) is 1. The van der Waals surface area contributed by atoms with Gasteiger partial charge in [-0.3, -0.25) is 0 Å². The Bertz CT molecular complexity index is 399. The summed E-state index contributed by atoms with van der Waals surface area (Å²) in [7, 11) is 0. The average molecular weight is 240 g/mol. The first-order valence-electron chi connectivity index (χ1n) is 5.17. The highest BCUT2D eigenvalue weighted by atomic mass is 35.5. The van der Waals surface area contributed by atoms with Gasteiger partial charge in [0.1, 0.15) is 5.82 Å². The zero-order valence-corrected chi connectivity index (χ0v) is 9.91. The van der Waals surface area contributed by atoms with Gasteiger partial charge in [-0.2, -0.15) is 9.97 Å². The van der Waals surface area contributed by atoms with E-state index >= 15 is 0 Å². The largest absolute Gasteiger partial charge is 0.401 e. The van der Waals surface area contributed by atoms with Gasteiger partial charge in [0.05, 0.1) is 6.04 Å². The van der Waals surface area contributed by atoms with Crippen molar-refractivity contribution >= 4 is 17.5 Å². The SMILES string of the molecule is C=C(N)C1CCCN1c1nc(C)nc(Cl)n1. The third kappa shape index (κ3) is 2.09. The van der Waals surface area contributed by atoms with Crippen LogP contribution in [0.25, 0.3) is 0 Å². The van der Waals surface area contributed by atoms with Gasteiger partial charge >= 0.3 is 0 Å². The van der Waals surface area contributed by atoms with Gasteiger partial charge in [0.25, 0.3) is 0 Å². The summed E-state index contributed by atoms with van der Waals surface area (Å²) in [4.78, 5) is 14.4. The van der Waals surface area contributed by atoms with E-state index in [4.69, 9.17) is 17.3 Å². The van der Waals surface area contributed by atoms with Crippen LogP contribution in [-0.4, -0.2) is 27.5 Å². The second-order valence-electron chi connectivity index (χ2n) is 3.88. The predicted molar refractivity (Wildman–Crippen MR) is 63.3 cm³/mol. The van der Waals surface area contributed by atoms with E-state index in [1.807, 2.05) is 4.90 Å². The minimum absolute atomic E-state index is 0.109. The molecular formula is C10H14ClN5. The highest BCUT2D eigenvalue weighted by Gasteiger charge is 2.28. The normalized spacial score (nSPS) is 20.1. The number of aromatic nitrogens is 3. The molecule has 2 N–H and O–H groups in total. The number of aryl methyl sites for hydroxylation is 1. The monoisotopic (exact) mass is 239 g/mol. The van der Waals surface area contributed by atoms with Gasteiger partial charge in [-0.1, -0.05) is 6.58 Å². The first-order valence-corrected chi connectivity index (χ1v) is 5.55. The molecule has 0 aliphatic carbocycles. The Morgan fingerprint density at radius 1 is 1.50 bits per heavy atom. The molecule has 0 spiro atoms. The third-order valence-electron chi connectivity index (χ3n) is 2.65. The zero-order chi connectivity index (χ0) is 11.7. The molecule has 1 unspecified atom stereocenters. The van der Waals surface area contributed by atoms with Crippen LogP contribution < -0.4 is 10.6 Å². The van der Waals surface area contributed by atoms with E-state index in [1.54, 1.807) is 6.92 Å². The summed E-state index contributed by atoms with van der Waals surface area (Å²) in [6.07, 6.45) is 2.04. The van der Waals surface area contributed by atoms with Crippen molar-refractivity contribution in [2.45, 2.75) is 25.8 Å². The Balaban J connectivity index is 2.32. The second kappa shape index (κ2) is 4.25. The predicted octanol–water partition coefficient (Wildman–Crippen LogP) is 1.27.